The highest BCUT2D eigenvalue weighted by molar-refractivity contribution is 8.00. The Morgan fingerprint density at radius 1 is 1.08 bits per heavy atom. The van der Waals surface area contributed by atoms with Gasteiger partial charge >= 0.3 is 4.87 Å². The number of carbonyl (C=O) groups is 1. The van der Waals surface area contributed by atoms with Crippen molar-refractivity contribution in [3.8, 4) is 0 Å². The molecule has 3 N–H and O–H groups in total. The Bertz CT molecular complexity index is 1540. The van der Waals surface area contributed by atoms with Gasteiger partial charge in [0.05, 0.1) is 9.92 Å². The van der Waals surface area contributed by atoms with Gasteiger partial charge in [-0.2, -0.15) is 0 Å². The van der Waals surface area contributed by atoms with Crippen LogP contribution in [0.25, 0.3) is 0 Å². The van der Waals surface area contributed by atoms with Gasteiger partial charge in [-0.15, -0.1) is 11.8 Å². The first kappa shape index (κ1) is 25.7. The molecular formula is C27H30N4O4S3. The molecule has 2 saturated carbocycles. The van der Waals surface area contributed by atoms with Crippen molar-refractivity contribution in [3.05, 3.63) is 68.6 Å². The quantitative estimate of drug-likeness (QED) is 0.465. The number of aromatic nitrogens is 1. The van der Waals surface area contributed by atoms with Crippen LogP contribution < -0.4 is 20.2 Å². The molecule has 3 aliphatic rings. The van der Waals surface area contributed by atoms with Gasteiger partial charge in [0.2, 0.25) is 15.9 Å². The Kier molecular flexibility index (Phi) is 6.45. The molecule has 5 atom stereocenters. The molecule has 2 bridgehead atoms. The molecule has 1 aliphatic heterocycles. The van der Waals surface area contributed by atoms with Gasteiger partial charge in [0, 0.05) is 41.5 Å². The minimum absolute atomic E-state index is 0.0277. The van der Waals surface area contributed by atoms with Gasteiger partial charge in [-0.3, -0.25) is 14.2 Å². The zero-order chi connectivity index (χ0) is 26.8. The molecule has 200 valence electrons. The number of nitrogens with zero attached hydrogens (tertiary/aromatic N) is 2. The number of fused-ring (bicyclic) bond motifs is 6. The summed E-state index contributed by atoms with van der Waals surface area (Å²) < 4.78 is 24.6. The van der Waals surface area contributed by atoms with E-state index in [1.807, 2.05) is 14.1 Å². The number of carbonyl (C=O) groups excluding carboxylic acids is 1. The van der Waals surface area contributed by atoms with Crippen LogP contribution in [0.4, 0.5) is 11.4 Å². The molecule has 8 nitrogen and oxygen atoms in total. The van der Waals surface area contributed by atoms with E-state index in [4.69, 9.17) is 5.14 Å². The lowest BCUT2D eigenvalue weighted by molar-refractivity contribution is -0.116. The second-order valence-corrected chi connectivity index (χ2v) is 14.4. The lowest BCUT2D eigenvalue weighted by Crippen LogP contribution is -2.34. The Balaban J connectivity index is 1.31. The third-order valence-electron chi connectivity index (χ3n) is 8.23. The first-order valence-electron chi connectivity index (χ1n) is 12.7. The molecule has 1 aromatic heterocycles. The van der Waals surface area contributed by atoms with Crippen LogP contribution in [-0.4, -0.2) is 38.2 Å². The zero-order valence-corrected chi connectivity index (χ0v) is 23.6. The summed E-state index contributed by atoms with van der Waals surface area (Å²) in [5.74, 6) is 1.67. The number of anilines is 2. The number of amides is 1. The van der Waals surface area contributed by atoms with Gasteiger partial charge < -0.3 is 10.2 Å². The van der Waals surface area contributed by atoms with E-state index < -0.39 is 10.0 Å². The Morgan fingerprint density at radius 3 is 2.42 bits per heavy atom. The summed E-state index contributed by atoms with van der Waals surface area (Å²) in [6.45, 7) is -0.0909. The Hall–Kier alpha value is -2.60. The maximum absolute atomic E-state index is 13.3. The maximum Gasteiger partial charge on any atom is 0.308 e. The molecule has 2 aliphatic carbocycles. The van der Waals surface area contributed by atoms with Gasteiger partial charge in [0.15, 0.2) is 0 Å². The number of primary sulfonamides is 1. The number of sulfonamides is 1. The number of rotatable bonds is 6. The monoisotopic (exact) mass is 570 g/mol. The van der Waals surface area contributed by atoms with Crippen LogP contribution in [0.3, 0.4) is 0 Å². The molecular weight excluding hydrogens is 541 g/mol. The van der Waals surface area contributed by atoms with Crippen LogP contribution in [0.5, 0.6) is 0 Å². The number of hydrogen-bond donors (Lipinski definition) is 2. The molecule has 0 radical (unpaired) electrons. The first-order chi connectivity index (χ1) is 18.1. The predicted molar refractivity (Wildman–Crippen MR) is 152 cm³/mol. The number of thioether (sulfide) groups is 1. The lowest BCUT2D eigenvalue weighted by atomic mass is 9.75. The summed E-state index contributed by atoms with van der Waals surface area (Å²) in [6.07, 6.45) is 3.75. The molecule has 6 rings (SSSR count). The van der Waals surface area contributed by atoms with Crippen molar-refractivity contribution in [2.45, 2.75) is 46.9 Å². The van der Waals surface area contributed by atoms with Crippen molar-refractivity contribution >= 4 is 50.4 Å². The average molecular weight is 571 g/mol. The van der Waals surface area contributed by atoms with Crippen molar-refractivity contribution in [1.82, 2.24) is 4.57 Å². The number of thiazole rings is 1. The van der Waals surface area contributed by atoms with Crippen molar-refractivity contribution < 1.29 is 13.2 Å². The molecule has 3 aromatic rings. The van der Waals surface area contributed by atoms with Crippen LogP contribution >= 0.6 is 23.1 Å². The summed E-state index contributed by atoms with van der Waals surface area (Å²) in [4.78, 5) is 29.3. The smallest absolute Gasteiger partial charge is 0.308 e. The summed E-state index contributed by atoms with van der Waals surface area (Å²) in [5, 5.41) is 9.32. The SMILES string of the molecule is CN(C)c1ccc(C2c3sc(=O)n(CC(=O)Nc4ccc(S(N)(=O)=O)cc4)c3SC3C4CCC(C4)C23)cc1. The molecule has 1 amide bonds. The third-order valence-corrected chi connectivity index (χ3v) is 12.0. The fourth-order valence-electron chi connectivity index (χ4n) is 6.51. The number of benzene rings is 2. The van der Waals surface area contributed by atoms with E-state index in [-0.39, 0.29) is 28.1 Å². The zero-order valence-electron chi connectivity index (χ0n) is 21.2. The van der Waals surface area contributed by atoms with E-state index in [1.165, 1.54) is 60.4 Å². The second-order valence-electron chi connectivity index (χ2n) is 10.7. The molecule has 38 heavy (non-hydrogen) atoms. The predicted octanol–water partition coefficient (Wildman–Crippen LogP) is 3.91. The topological polar surface area (TPSA) is 114 Å². The highest BCUT2D eigenvalue weighted by Gasteiger charge is 2.55. The summed E-state index contributed by atoms with van der Waals surface area (Å²) in [6, 6.07) is 14.4. The van der Waals surface area contributed by atoms with Crippen molar-refractivity contribution in [2.24, 2.45) is 22.9 Å². The highest BCUT2D eigenvalue weighted by Crippen LogP contribution is 2.64. The normalized spacial score (nSPS) is 25.6. The molecule has 0 saturated heterocycles. The Morgan fingerprint density at radius 2 is 1.76 bits per heavy atom. The van der Waals surface area contributed by atoms with Gasteiger partial charge in [0.1, 0.15) is 6.54 Å². The largest absolute Gasteiger partial charge is 0.378 e. The molecule has 2 aromatic carbocycles. The number of nitrogens with one attached hydrogen (secondary N) is 1. The van der Waals surface area contributed by atoms with Gasteiger partial charge in [-0.1, -0.05) is 23.5 Å². The van der Waals surface area contributed by atoms with Gasteiger partial charge in [-0.25, -0.2) is 13.6 Å². The van der Waals surface area contributed by atoms with E-state index in [0.29, 0.717) is 28.7 Å². The minimum Gasteiger partial charge on any atom is -0.378 e. The standard InChI is InChI=1S/C27H30N4O4S3/c1-30(2)19-9-5-15(6-10-19)22-23-16-3-4-17(13-16)24(23)36-26-25(22)37-27(33)31(26)14-21(32)29-18-7-11-20(12-8-18)38(28,34)35/h5-12,16-17,22-24H,3-4,13-14H2,1-2H3,(H,29,32)(H2,28,34,35). The van der Waals surface area contributed by atoms with E-state index >= 15 is 0 Å². The fourth-order valence-corrected chi connectivity index (χ4v) is 10.2. The van der Waals surface area contributed by atoms with E-state index in [9.17, 15) is 18.0 Å². The van der Waals surface area contributed by atoms with E-state index in [1.54, 1.807) is 16.3 Å². The van der Waals surface area contributed by atoms with Gasteiger partial charge in [-0.05, 0) is 79.0 Å². The molecule has 5 unspecified atom stereocenters. The number of nitrogens with two attached hydrogens (primary N) is 1. The fraction of sp³-hybridized carbons (Fsp3) is 0.407. The van der Waals surface area contributed by atoms with Crippen molar-refractivity contribution in [2.75, 3.05) is 24.3 Å². The first-order valence-corrected chi connectivity index (χ1v) is 15.9. The maximum atomic E-state index is 13.3. The van der Waals surface area contributed by atoms with Crippen LogP contribution in [-0.2, 0) is 21.4 Å². The average Bonchev–Trinajstić information content (AvgIpc) is 3.57. The van der Waals surface area contributed by atoms with E-state index in [2.05, 4.69) is 34.5 Å². The van der Waals surface area contributed by atoms with Crippen molar-refractivity contribution in [1.29, 1.82) is 0 Å². The van der Waals surface area contributed by atoms with Crippen LogP contribution in [0.15, 0.2) is 63.2 Å². The summed E-state index contributed by atoms with van der Waals surface area (Å²) in [7, 11) is 0.246. The van der Waals surface area contributed by atoms with Gasteiger partial charge in [0.25, 0.3) is 0 Å². The summed E-state index contributed by atoms with van der Waals surface area (Å²) in [5.41, 5.74) is 2.83. The van der Waals surface area contributed by atoms with Crippen LogP contribution in [0, 0.1) is 17.8 Å². The molecule has 11 heteroatoms. The third kappa shape index (κ3) is 4.49. The minimum atomic E-state index is -3.81. The summed E-state index contributed by atoms with van der Waals surface area (Å²) >= 11 is 3.08. The second kappa shape index (κ2) is 9.55. The lowest BCUT2D eigenvalue weighted by Gasteiger charge is -2.40. The highest BCUT2D eigenvalue weighted by atomic mass is 32.2. The Labute approximate surface area is 230 Å². The van der Waals surface area contributed by atoms with Crippen LogP contribution in [0.2, 0.25) is 0 Å². The van der Waals surface area contributed by atoms with Crippen LogP contribution in [0.1, 0.15) is 35.6 Å². The van der Waals surface area contributed by atoms with E-state index in [0.717, 1.165) is 15.6 Å². The number of hydrogen-bond acceptors (Lipinski definition) is 7. The molecule has 2 fully saturated rings. The van der Waals surface area contributed by atoms with Crippen molar-refractivity contribution in [3.63, 3.8) is 0 Å². The molecule has 0 spiro atoms. The molecule has 2 heterocycles.